The molecule has 0 spiro atoms. The van der Waals surface area contributed by atoms with E-state index >= 15 is 0 Å². The number of thiazole rings is 1. The van der Waals surface area contributed by atoms with Crippen molar-refractivity contribution >= 4 is 11.3 Å². The molecule has 0 unspecified atom stereocenters. The Bertz CT molecular complexity index is 315. The second-order valence-electron chi connectivity index (χ2n) is 4.39. The summed E-state index contributed by atoms with van der Waals surface area (Å²) in [5.74, 6) is 0. The van der Waals surface area contributed by atoms with E-state index in [0.717, 1.165) is 13.1 Å². The topological polar surface area (TPSA) is 42.2 Å². The van der Waals surface area contributed by atoms with E-state index in [4.69, 9.17) is 5.73 Å². The number of nitrogens with two attached hydrogens (primary N) is 1. The number of hydrogen-bond donors (Lipinski definition) is 1. The van der Waals surface area contributed by atoms with Gasteiger partial charge in [-0.2, -0.15) is 0 Å². The van der Waals surface area contributed by atoms with E-state index in [1.54, 1.807) is 0 Å². The predicted molar refractivity (Wildman–Crippen MR) is 64.1 cm³/mol. The summed E-state index contributed by atoms with van der Waals surface area (Å²) in [6.07, 6.45) is 2.40. The fraction of sp³-hybridized carbons (Fsp3) is 0.727. The first kappa shape index (κ1) is 11.0. The Morgan fingerprint density at radius 2 is 2.33 bits per heavy atom. The van der Waals surface area contributed by atoms with Gasteiger partial charge in [0.25, 0.3) is 0 Å². The van der Waals surface area contributed by atoms with Crippen molar-refractivity contribution in [2.45, 2.75) is 39.3 Å². The molecule has 2 rings (SSSR count). The van der Waals surface area contributed by atoms with Gasteiger partial charge in [-0.1, -0.05) is 0 Å². The average Bonchev–Trinajstić information content (AvgIpc) is 2.45. The molecule has 1 saturated heterocycles. The molecule has 0 aromatic carbocycles. The molecule has 0 amide bonds. The van der Waals surface area contributed by atoms with Crippen LogP contribution in [0.3, 0.4) is 0 Å². The molecule has 0 aliphatic carbocycles. The minimum absolute atomic E-state index is 0.362. The molecule has 0 saturated carbocycles. The van der Waals surface area contributed by atoms with Crippen molar-refractivity contribution in [1.29, 1.82) is 0 Å². The number of piperidine rings is 1. The fourth-order valence-corrected chi connectivity index (χ4v) is 3.01. The molecule has 1 fully saturated rings. The number of likely N-dealkylation sites (tertiary alicyclic amines) is 1. The smallest absolute Gasteiger partial charge is 0.107 e. The lowest BCUT2D eigenvalue weighted by molar-refractivity contribution is 0.201. The van der Waals surface area contributed by atoms with Crippen molar-refractivity contribution in [2.75, 3.05) is 13.1 Å². The lowest BCUT2D eigenvalue weighted by Gasteiger charge is -2.29. The SMILES string of the molecule is Cc1nc(CN2CCC[C@@H](N)C2)sc1C. The summed E-state index contributed by atoms with van der Waals surface area (Å²) in [5, 5.41) is 1.24. The summed E-state index contributed by atoms with van der Waals surface area (Å²) in [4.78, 5) is 8.33. The molecular weight excluding hydrogens is 206 g/mol. The summed E-state index contributed by atoms with van der Waals surface area (Å²) in [6, 6.07) is 0.362. The van der Waals surface area contributed by atoms with Crippen molar-refractivity contribution in [3.63, 3.8) is 0 Å². The summed E-state index contributed by atoms with van der Waals surface area (Å²) in [7, 11) is 0. The molecule has 0 radical (unpaired) electrons. The zero-order valence-electron chi connectivity index (χ0n) is 9.49. The summed E-state index contributed by atoms with van der Waals surface area (Å²) < 4.78 is 0. The van der Waals surface area contributed by atoms with Gasteiger partial charge in [0, 0.05) is 17.5 Å². The molecule has 84 valence electrons. The summed E-state index contributed by atoms with van der Waals surface area (Å²) >= 11 is 1.82. The normalized spacial score (nSPS) is 23.3. The van der Waals surface area contributed by atoms with Crippen molar-refractivity contribution < 1.29 is 0 Å². The van der Waals surface area contributed by atoms with E-state index in [0.29, 0.717) is 6.04 Å². The van der Waals surface area contributed by atoms with Crippen LogP contribution in [-0.4, -0.2) is 29.0 Å². The van der Waals surface area contributed by atoms with E-state index in [1.807, 2.05) is 11.3 Å². The van der Waals surface area contributed by atoms with Gasteiger partial charge in [-0.3, -0.25) is 4.90 Å². The molecule has 1 aliphatic heterocycles. The monoisotopic (exact) mass is 225 g/mol. The minimum atomic E-state index is 0.362. The van der Waals surface area contributed by atoms with Crippen molar-refractivity contribution in [3.8, 4) is 0 Å². The van der Waals surface area contributed by atoms with Crippen LogP contribution in [0.25, 0.3) is 0 Å². The van der Waals surface area contributed by atoms with Gasteiger partial charge in [0.1, 0.15) is 5.01 Å². The van der Waals surface area contributed by atoms with E-state index in [2.05, 4.69) is 23.7 Å². The first-order chi connectivity index (χ1) is 7.15. The average molecular weight is 225 g/mol. The third kappa shape index (κ3) is 2.77. The van der Waals surface area contributed by atoms with Gasteiger partial charge in [-0.15, -0.1) is 11.3 Å². The van der Waals surface area contributed by atoms with Crippen LogP contribution >= 0.6 is 11.3 Å². The molecule has 1 aromatic heterocycles. The lowest BCUT2D eigenvalue weighted by Crippen LogP contribution is -2.42. The lowest BCUT2D eigenvalue weighted by atomic mass is 10.1. The Labute approximate surface area is 95.3 Å². The second-order valence-corrected chi connectivity index (χ2v) is 5.67. The minimum Gasteiger partial charge on any atom is -0.327 e. The molecule has 2 N–H and O–H groups in total. The number of aryl methyl sites for hydroxylation is 2. The molecule has 4 heteroatoms. The van der Waals surface area contributed by atoms with Gasteiger partial charge < -0.3 is 5.73 Å². The zero-order chi connectivity index (χ0) is 10.8. The first-order valence-corrected chi connectivity index (χ1v) is 6.37. The van der Waals surface area contributed by atoms with Gasteiger partial charge in [0.2, 0.25) is 0 Å². The zero-order valence-corrected chi connectivity index (χ0v) is 10.3. The maximum absolute atomic E-state index is 5.96. The van der Waals surface area contributed by atoms with Gasteiger partial charge >= 0.3 is 0 Å². The van der Waals surface area contributed by atoms with E-state index in [-0.39, 0.29) is 0 Å². The highest BCUT2D eigenvalue weighted by Gasteiger charge is 2.17. The Morgan fingerprint density at radius 1 is 1.53 bits per heavy atom. The quantitative estimate of drug-likeness (QED) is 0.832. The molecule has 1 aromatic rings. The molecule has 1 aliphatic rings. The number of rotatable bonds is 2. The summed E-state index contributed by atoms with van der Waals surface area (Å²) in [6.45, 7) is 7.39. The standard InChI is InChI=1S/C11H19N3S/c1-8-9(2)15-11(13-8)7-14-5-3-4-10(12)6-14/h10H,3-7,12H2,1-2H3/t10-/m1/s1. The first-order valence-electron chi connectivity index (χ1n) is 5.56. The van der Waals surface area contributed by atoms with Crippen molar-refractivity contribution in [3.05, 3.63) is 15.6 Å². The molecule has 0 bridgehead atoms. The van der Waals surface area contributed by atoms with Crippen LogP contribution < -0.4 is 5.73 Å². The van der Waals surface area contributed by atoms with Crippen LogP contribution in [-0.2, 0) is 6.54 Å². The number of aromatic nitrogens is 1. The Hall–Kier alpha value is -0.450. The number of hydrogen-bond acceptors (Lipinski definition) is 4. The molecule has 3 nitrogen and oxygen atoms in total. The molecular formula is C11H19N3S. The second kappa shape index (κ2) is 4.60. The van der Waals surface area contributed by atoms with Gasteiger partial charge in [-0.25, -0.2) is 4.98 Å². The Kier molecular flexibility index (Phi) is 3.38. The highest BCUT2D eigenvalue weighted by molar-refractivity contribution is 7.11. The van der Waals surface area contributed by atoms with Gasteiger partial charge in [0.15, 0.2) is 0 Å². The van der Waals surface area contributed by atoms with E-state index < -0.39 is 0 Å². The molecule has 2 heterocycles. The highest BCUT2D eigenvalue weighted by Crippen LogP contribution is 2.19. The van der Waals surface area contributed by atoms with Gasteiger partial charge in [-0.05, 0) is 33.2 Å². The van der Waals surface area contributed by atoms with Crippen molar-refractivity contribution in [2.24, 2.45) is 5.73 Å². The fourth-order valence-electron chi connectivity index (χ4n) is 2.03. The van der Waals surface area contributed by atoms with E-state index in [9.17, 15) is 0 Å². The van der Waals surface area contributed by atoms with Crippen LogP contribution in [0.4, 0.5) is 0 Å². The number of nitrogens with zero attached hydrogens (tertiary/aromatic N) is 2. The van der Waals surface area contributed by atoms with Gasteiger partial charge in [0.05, 0.1) is 12.2 Å². The van der Waals surface area contributed by atoms with Crippen molar-refractivity contribution in [1.82, 2.24) is 9.88 Å². The van der Waals surface area contributed by atoms with Crippen LogP contribution in [0.15, 0.2) is 0 Å². The molecule has 1 atom stereocenters. The maximum Gasteiger partial charge on any atom is 0.107 e. The Morgan fingerprint density at radius 3 is 2.93 bits per heavy atom. The summed E-state index contributed by atoms with van der Waals surface area (Å²) in [5.41, 5.74) is 7.13. The van der Waals surface area contributed by atoms with Crippen LogP contribution in [0.2, 0.25) is 0 Å². The third-order valence-corrected chi connectivity index (χ3v) is 4.03. The maximum atomic E-state index is 5.96. The third-order valence-electron chi connectivity index (χ3n) is 2.97. The largest absolute Gasteiger partial charge is 0.327 e. The van der Waals surface area contributed by atoms with E-state index in [1.165, 1.54) is 35.0 Å². The predicted octanol–water partition coefficient (Wildman–Crippen LogP) is 1.68. The van der Waals surface area contributed by atoms with Crippen LogP contribution in [0.1, 0.15) is 28.4 Å². The van der Waals surface area contributed by atoms with Crippen LogP contribution in [0.5, 0.6) is 0 Å². The Balaban J connectivity index is 1.96. The van der Waals surface area contributed by atoms with Crippen LogP contribution in [0, 0.1) is 13.8 Å². The highest BCUT2D eigenvalue weighted by atomic mass is 32.1. The molecule has 15 heavy (non-hydrogen) atoms.